The lowest BCUT2D eigenvalue weighted by Gasteiger charge is -2.34. The average molecular weight is 470 g/mol. The maximum Gasteiger partial charge on any atom is 0.253 e. The number of piperidine rings is 1. The highest BCUT2D eigenvalue weighted by Gasteiger charge is 2.31. The van der Waals surface area contributed by atoms with Gasteiger partial charge in [-0.1, -0.05) is 18.0 Å². The molecule has 1 aromatic carbocycles. The van der Waals surface area contributed by atoms with Crippen LogP contribution >= 0.6 is 0 Å². The molecule has 0 unspecified atom stereocenters. The summed E-state index contributed by atoms with van der Waals surface area (Å²) in [6.45, 7) is 6.97. The molecule has 2 aliphatic rings. The third-order valence-electron chi connectivity index (χ3n) is 7.01. The predicted octanol–water partition coefficient (Wildman–Crippen LogP) is 4.13. The number of aryl methyl sites for hydroxylation is 2. The van der Waals surface area contributed by atoms with Gasteiger partial charge in [0.05, 0.1) is 18.4 Å². The fourth-order valence-corrected chi connectivity index (χ4v) is 4.84. The van der Waals surface area contributed by atoms with Crippen LogP contribution in [0.2, 0.25) is 0 Å². The number of likely N-dealkylation sites (tertiary alicyclic amines) is 2. The molecule has 2 aromatic rings. The number of hydrogen-bond donors (Lipinski definition) is 0. The number of nitrogens with zero attached hydrogens (tertiary/aromatic N) is 3. The number of ether oxygens (including phenoxy) is 2. The van der Waals surface area contributed by atoms with Crippen LogP contribution in [0.4, 0.5) is 0 Å². The molecule has 0 N–H and O–H groups in total. The minimum Gasteiger partial charge on any atom is -0.493 e. The zero-order valence-electron chi connectivity index (χ0n) is 20.5. The molecule has 0 saturated carbocycles. The van der Waals surface area contributed by atoms with Crippen molar-refractivity contribution in [1.29, 1.82) is 0 Å². The number of hydrogen-bond acceptors (Lipinski definition) is 6. The van der Waals surface area contributed by atoms with Crippen molar-refractivity contribution in [3.63, 3.8) is 0 Å². The van der Waals surface area contributed by atoms with Gasteiger partial charge in [-0.25, -0.2) is 0 Å². The highest BCUT2D eigenvalue weighted by Crippen LogP contribution is 2.31. The van der Waals surface area contributed by atoms with Crippen LogP contribution in [0.5, 0.6) is 11.5 Å². The van der Waals surface area contributed by atoms with Gasteiger partial charge in [0, 0.05) is 37.7 Å². The van der Waals surface area contributed by atoms with E-state index < -0.39 is 0 Å². The molecule has 2 fully saturated rings. The first-order valence-corrected chi connectivity index (χ1v) is 12.3. The van der Waals surface area contributed by atoms with Crippen LogP contribution in [-0.2, 0) is 11.4 Å². The fraction of sp³-hybridized carbons (Fsp3) is 0.577. The predicted molar refractivity (Wildman–Crippen MR) is 127 cm³/mol. The number of benzene rings is 1. The van der Waals surface area contributed by atoms with Crippen LogP contribution in [0.15, 0.2) is 22.7 Å². The van der Waals surface area contributed by atoms with Crippen molar-refractivity contribution in [3.8, 4) is 11.5 Å². The summed E-state index contributed by atoms with van der Waals surface area (Å²) in [5, 5.41) is 3.95. The number of methoxy groups -OCH3 is 1. The van der Waals surface area contributed by atoms with Gasteiger partial charge in [-0.3, -0.25) is 9.59 Å². The van der Waals surface area contributed by atoms with Crippen LogP contribution in [-0.4, -0.2) is 60.1 Å². The molecule has 4 rings (SSSR count). The number of rotatable bonds is 6. The SMILES string of the molecule is COc1cc(C(=O)N2CCC(C(=O)N3CCCCCC3)CC2)ccc1OCc1c(C)noc1C. The number of carbonyl (C=O) groups excluding carboxylic acids is 2. The van der Waals surface area contributed by atoms with E-state index in [2.05, 4.69) is 5.16 Å². The quantitative estimate of drug-likeness (QED) is 0.632. The van der Waals surface area contributed by atoms with E-state index in [0.717, 1.165) is 55.8 Å². The van der Waals surface area contributed by atoms with Crippen LogP contribution in [0.3, 0.4) is 0 Å². The third kappa shape index (κ3) is 5.37. The molecule has 8 nitrogen and oxygen atoms in total. The molecule has 3 heterocycles. The van der Waals surface area contributed by atoms with E-state index in [1.54, 1.807) is 25.3 Å². The Balaban J connectivity index is 1.35. The second-order valence-corrected chi connectivity index (χ2v) is 9.26. The Labute approximate surface area is 201 Å². The largest absolute Gasteiger partial charge is 0.493 e. The maximum atomic E-state index is 13.2. The first-order valence-electron chi connectivity index (χ1n) is 12.3. The van der Waals surface area contributed by atoms with Crippen LogP contribution < -0.4 is 9.47 Å². The second-order valence-electron chi connectivity index (χ2n) is 9.26. The summed E-state index contributed by atoms with van der Waals surface area (Å²) in [5.74, 6) is 2.04. The van der Waals surface area contributed by atoms with Gasteiger partial charge in [-0.2, -0.15) is 0 Å². The van der Waals surface area contributed by atoms with Gasteiger partial charge >= 0.3 is 0 Å². The molecule has 0 atom stereocenters. The Morgan fingerprint density at radius 1 is 1.00 bits per heavy atom. The van der Waals surface area contributed by atoms with Gasteiger partial charge in [0.15, 0.2) is 11.5 Å². The van der Waals surface area contributed by atoms with Gasteiger partial charge in [0.25, 0.3) is 5.91 Å². The van der Waals surface area contributed by atoms with Crippen molar-refractivity contribution < 1.29 is 23.6 Å². The summed E-state index contributed by atoms with van der Waals surface area (Å²) in [6, 6.07) is 5.25. The molecule has 0 aliphatic carbocycles. The third-order valence-corrected chi connectivity index (χ3v) is 7.01. The zero-order valence-corrected chi connectivity index (χ0v) is 20.5. The zero-order chi connectivity index (χ0) is 24.1. The molecular formula is C26H35N3O5. The normalized spacial score (nSPS) is 17.4. The van der Waals surface area contributed by atoms with Gasteiger partial charge in [0.1, 0.15) is 12.4 Å². The van der Waals surface area contributed by atoms with Crippen LogP contribution in [0.25, 0.3) is 0 Å². The molecule has 184 valence electrons. The number of aromatic nitrogens is 1. The topological polar surface area (TPSA) is 85.1 Å². The summed E-state index contributed by atoms with van der Waals surface area (Å²) < 4.78 is 16.6. The summed E-state index contributed by atoms with van der Waals surface area (Å²) in [6.07, 6.45) is 6.06. The molecule has 34 heavy (non-hydrogen) atoms. The van der Waals surface area contributed by atoms with Gasteiger partial charge in [-0.15, -0.1) is 0 Å². The monoisotopic (exact) mass is 469 g/mol. The molecule has 2 aliphatic heterocycles. The van der Waals surface area contributed by atoms with E-state index in [-0.39, 0.29) is 17.7 Å². The van der Waals surface area contributed by atoms with E-state index in [1.807, 2.05) is 23.6 Å². The van der Waals surface area contributed by atoms with E-state index in [9.17, 15) is 9.59 Å². The Kier molecular flexibility index (Phi) is 7.75. The summed E-state index contributed by atoms with van der Waals surface area (Å²) >= 11 is 0. The first-order chi connectivity index (χ1) is 16.5. The molecular weight excluding hydrogens is 434 g/mol. The van der Waals surface area contributed by atoms with Crippen molar-refractivity contribution >= 4 is 11.8 Å². The lowest BCUT2D eigenvalue weighted by Crippen LogP contribution is -2.44. The lowest BCUT2D eigenvalue weighted by atomic mass is 9.94. The minimum atomic E-state index is -0.0451. The number of amides is 2. The summed E-state index contributed by atoms with van der Waals surface area (Å²) in [7, 11) is 1.56. The summed E-state index contributed by atoms with van der Waals surface area (Å²) in [4.78, 5) is 30.0. The molecule has 2 saturated heterocycles. The van der Waals surface area contributed by atoms with Crippen molar-refractivity contribution in [2.45, 2.75) is 59.0 Å². The van der Waals surface area contributed by atoms with Crippen LogP contribution in [0.1, 0.15) is 65.9 Å². The first kappa shape index (κ1) is 24.1. The number of carbonyl (C=O) groups is 2. The van der Waals surface area contributed by atoms with Crippen molar-refractivity contribution in [2.75, 3.05) is 33.3 Å². The molecule has 0 bridgehead atoms. The van der Waals surface area contributed by atoms with E-state index in [0.29, 0.717) is 36.8 Å². The fourth-order valence-electron chi connectivity index (χ4n) is 4.84. The Morgan fingerprint density at radius 2 is 1.71 bits per heavy atom. The Hall–Kier alpha value is -3.03. The van der Waals surface area contributed by atoms with E-state index >= 15 is 0 Å². The average Bonchev–Trinajstić information content (AvgIpc) is 3.05. The summed E-state index contributed by atoms with van der Waals surface area (Å²) in [5.41, 5.74) is 2.25. The highest BCUT2D eigenvalue weighted by molar-refractivity contribution is 5.95. The second kappa shape index (κ2) is 10.9. The van der Waals surface area contributed by atoms with Crippen molar-refractivity contribution in [3.05, 3.63) is 40.8 Å². The molecule has 2 amide bonds. The van der Waals surface area contributed by atoms with Crippen LogP contribution in [0, 0.1) is 19.8 Å². The minimum absolute atomic E-state index is 0.0248. The Morgan fingerprint density at radius 3 is 2.32 bits per heavy atom. The molecule has 0 spiro atoms. The Bertz CT molecular complexity index is 982. The van der Waals surface area contributed by atoms with E-state index in [4.69, 9.17) is 14.0 Å². The van der Waals surface area contributed by atoms with Crippen molar-refractivity contribution in [2.24, 2.45) is 5.92 Å². The molecule has 8 heteroatoms. The van der Waals surface area contributed by atoms with Gasteiger partial charge < -0.3 is 23.8 Å². The van der Waals surface area contributed by atoms with Crippen molar-refractivity contribution in [1.82, 2.24) is 15.0 Å². The standard InChI is InChI=1S/C26H35N3O5/c1-18-22(19(2)34-27-18)17-33-23-9-8-21(16-24(23)32-3)26(31)29-14-10-20(11-15-29)25(30)28-12-6-4-5-7-13-28/h8-9,16,20H,4-7,10-15,17H2,1-3H3. The van der Waals surface area contributed by atoms with E-state index in [1.165, 1.54) is 12.8 Å². The van der Waals surface area contributed by atoms with Gasteiger partial charge in [0.2, 0.25) is 5.91 Å². The molecule has 1 aromatic heterocycles. The van der Waals surface area contributed by atoms with Gasteiger partial charge in [-0.05, 0) is 57.7 Å². The smallest absolute Gasteiger partial charge is 0.253 e. The maximum absolute atomic E-state index is 13.2. The lowest BCUT2D eigenvalue weighted by molar-refractivity contribution is -0.136. The highest BCUT2D eigenvalue weighted by atomic mass is 16.5. The molecule has 0 radical (unpaired) electrons.